The van der Waals surface area contributed by atoms with E-state index in [2.05, 4.69) is 6.92 Å². The number of aryl methyl sites for hydroxylation is 2. The predicted molar refractivity (Wildman–Crippen MR) is 66.6 cm³/mol. The molecule has 2 aliphatic carbocycles. The van der Waals surface area contributed by atoms with Gasteiger partial charge < -0.3 is 5.11 Å². The number of benzene rings is 1. The maximum atomic E-state index is 11.1. The normalized spacial score (nSPS) is 20.8. The van der Waals surface area contributed by atoms with Crippen LogP contribution < -0.4 is 0 Å². The van der Waals surface area contributed by atoms with Gasteiger partial charge in [-0.15, -0.1) is 0 Å². The van der Waals surface area contributed by atoms with Gasteiger partial charge in [-0.1, -0.05) is 6.92 Å². The van der Waals surface area contributed by atoms with Gasteiger partial charge in [0.15, 0.2) is 0 Å². The van der Waals surface area contributed by atoms with Crippen LogP contribution in [0.25, 0.3) is 0 Å². The van der Waals surface area contributed by atoms with Crippen molar-refractivity contribution < 1.29 is 9.90 Å². The highest BCUT2D eigenvalue weighted by Crippen LogP contribution is 2.46. The van der Waals surface area contributed by atoms with E-state index in [1.54, 1.807) is 0 Å². The summed E-state index contributed by atoms with van der Waals surface area (Å²) in [4.78, 5) is 11.1. The van der Waals surface area contributed by atoms with Crippen LogP contribution >= 0.6 is 0 Å². The van der Waals surface area contributed by atoms with Crippen molar-refractivity contribution in [3.8, 4) is 0 Å². The highest BCUT2D eigenvalue weighted by atomic mass is 16.4. The van der Waals surface area contributed by atoms with E-state index in [4.69, 9.17) is 5.11 Å². The van der Waals surface area contributed by atoms with Gasteiger partial charge in [0, 0.05) is 0 Å². The molecule has 0 aliphatic heterocycles. The third kappa shape index (κ3) is 1.58. The number of rotatable bonds is 1. The van der Waals surface area contributed by atoms with Gasteiger partial charge in [-0.3, -0.25) is 0 Å². The van der Waals surface area contributed by atoms with E-state index in [1.807, 2.05) is 12.1 Å². The summed E-state index contributed by atoms with van der Waals surface area (Å²) in [5.41, 5.74) is 4.88. The summed E-state index contributed by atoms with van der Waals surface area (Å²) < 4.78 is 0. The third-order valence-electron chi connectivity index (χ3n) is 4.50. The maximum absolute atomic E-state index is 11.1. The molecule has 1 aromatic rings. The molecule has 0 bridgehead atoms. The largest absolute Gasteiger partial charge is 0.478 e. The minimum Gasteiger partial charge on any atom is -0.478 e. The van der Waals surface area contributed by atoms with E-state index in [1.165, 1.54) is 42.4 Å². The van der Waals surface area contributed by atoms with Gasteiger partial charge in [0.1, 0.15) is 0 Å². The Morgan fingerprint density at radius 2 is 1.71 bits per heavy atom. The monoisotopic (exact) mass is 230 g/mol. The molecule has 0 unspecified atom stereocenters. The zero-order valence-electron chi connectivity index (χ0n) is 10.3. The van der Waals surface area contributed by atoms with Gasteiger partial charge >= 0.3 is 5.97 Å². The molecule has 2 aliphatic rings. The van der Waals surface area contributed by atoms with Crippen LogP contribution in [0.3, 0.4) is 0 Å². The number of hydrogen-bond acceptors (Lipinski definition) is 1. The predicted octanol–water partition coefficient (Wildman–Crippen LogP) is 3.32. The highest BCUT2D eigenvalue weighted by Gasteiger charge is 2.36. The summed E-state index contributed by atoms with van der Waals surface area (Å²) in [7, 11) is 0. The molecule has 0 saturated carbocycles. The average Bonchev–Trinajstić information content (AvgIpc) is 2.28. The lowest BCUT2D eigenvalue weighted by Gasteiger charge is -2.41. The van der Waals surface area contributed by atoms with Crippen LogP contribution in [0.1, 0.15) is 59.7 Å². The van der Waals surface area contributed by atoms with Crippen molar-refractivity contribution in [3.05, 3.63) is 34.4 Å². The molecule has 17 heavy (non-hydrogen) atoms. The minimum atomic E-state index is -0.790. The van der Waals surface area contributed by atoms with Crippen LogP contribution in [-0.4, -0.2) is 11.1 Å². The number of carboxylic acids is 1. The Balaban J connectivity index is 2.22. The summed E-state index contributed by atoms with van der Waals surface area (Å²) in [5.74, 6) is -0.790. The summed E-state index contributed by atoms with van der Waals surface area (Å²) >= 11 is 0. The van der Waals surface area contributed by atoms with Crippen LogP contribution in [0.5, 0.6) is 0 Å². The molecule has 0 heterocycles. The van der Waals surface area contributed by atoms with E-state index >= 15 is 0 Å². The molecule has 0 saturated heterocycles. The second kappa shape index (κ2) is 3.59. The zero-order chi connectivity index (χ0) is 12.0. The summed E-state index contributed by atoms with van der Waals surface area (Å²) in [5, 5.41) is 9.15. The summed E-state index contributed by atoms with van der Waals surface area (Å²) in [6.07, 6.45) is 7.04. The van der Waals surface area contributed by atoms with Crippen molar-refractivity contribution in [2.75, 3.05) is 0 Å². The molecular weight excluding hydrogens is 212 g/mol. The van der Waals surface area contributed by atoms with E-state index in [0.717, 1.165) is 12.8 Å². The second-order valence-corrected chi connectivity index (χ2v) is 5.74. The van der Waals surface area contributed by atoms with Crippen molar-refractivity contribution in [2.45, 2.75) is 50.9 Å². The molecule has 1 aromatic carbocycles. The van der Waals surface area contributed by atoms with Gasteiger partial charge in [0.2, 0.25) is 0 Å². The lowest BCUT2D eigenvalue weighted by atomic mass is 9.63. The molecule has 1 N–H and O–H groups in total. The van der Waals surface area contributed by atoms with Crippen LogP contribution in [0, 0.1) is 0 Å². The Hall–Kier alpha value is -1.31. The minimum absolute atomic E-state index is 0.318. The smallest absolute Gasteiger partial charge is 0.335 e. The third-order valence-corrected chi connectivity index (χ3v) is 4.50. The number of carboxylic acid groups (broad SMARTS) is 1. The number of hydrogen-bond donors (Lipinski definition) is 1. The van der Waals surface area contributed by atoms with E-state index in [0.29, 0.717) is 11.0 Å². The lowest BCUT2D eigenvalue weighted by molar-refractivity contribution is 0.0696. The first-order valence-electron chi connectivity index (χ1n) is 6.50. The molecule has 2 nitrogen and oxygen atoms in total. The molecule has 0 fully saturated rings. The van der Waals surface area contributed by atoms with E-state index in [9.17, 15) is 4.79 Å². The fourth-order valence-electron chi connectivity index (χ4n) is 3.77. The second-order valence-electron chi connectivity index (χ2n) is 5.74. The van der Waals surface area contributed by atoms with Crippen LogP contribution in [-0.2, 0) is 18.3 Å². The van der Waals surface area contributed by atoms with E-state index in [-0.39, 0.29) is 0 Å². The van der Waals surface area contributed by atoms with Crippen molar-refractivity contribution in [1.82, 2.24) is 0 Å². The average molecular weight is 230 g/mol. The van der Waals surface area contributed by atoms with Gasteiger partial charge in [-0.05, 0) is 72.8 Å². The first-order valence-corrected chi connectivity index (χ1v) is 6.50. The molecule has 90 valence electrons. The maximum Gasteiger partial charge on any atom is 0.335 e. The molecule has 0 radical (unpaired) electrons. The Labute approximate surface area is 102 Å². The van der Waals surface area contributed by atoms with Gasteiger partial charge in [-0.2, -0.15) is 0 Å². The molecule has 3 rings (SSSR count). The zero-order valence-corrected chi connectivity index (χ0v) is 10.3. The Kier molecular flexibility index (Phi) is 2.29. The van der Waals surface area contributed by atoms with Gasteiger partial charge in [0.05, 0.1) is 5.56 Å². The van der Waals surface area contributed by atoms with Gasteiger partial charge in [0.25, 0.3) is 0 Å². The molecule has 2 heteroatoms. The fourth-order valence-corrected chi connectivity index (χ4v) is 3.77. The lowest BCUT2D eigenvalue weighted by Crippen LogP contribution is -2.32. The number of carbonyl (C=O) groups is 1. The Morgan fingerprint density at radius 1 is 1.18 bits per heavy atom. The number of aromatic carboxylic acids is 1. The quantitative estimate of drug-likeness (QED) is 0.803. The van der Waals surface area contributed by atoms with E-state index < -0.39 is 5.97 Å². The summed E-state index contributed by atoms with van der Waals surface area (Å²) in [6.45, 7) is 2.36. The van der Waals surface area contributed by atoms with Crippen molar-refractivity contribution in [2.24, 2.45) is 0 Å². The van der Waals surface area contributed by atoms with Crippen LogP contribution in [0.2, 0.25) is 0 Å². The van der Waals surface area contributed by atoms with Gasteiger partial charge in [-0.25, -0.2) is 4.79 Å². The Morgan fingerprint density at radius 3 is 2.18 bits per heavy atom. The Bertz CT molecular complexity index is 457. The van der Waals surface area contributed by atoms with Crippen LogP contribution in [0.15, 0.2) is 12.1 Å². The molecule has 0 amide bonds. The van der Waals surface area contributed by atoms with Crippen molar-refractivity contribution in [3.63, 3.8) is 0 Å². The molecular formula is C15H18O2. The topological polar surface area (TPSA) is 37.3 Å². The molecule has 0 atom stereocenters. The standard InChI is InChI=1S/C15H18O2/c1-15-6-2-4-10-8-12(14(16)17)9-11(13(10)15)5-3-7-15/h8-9H,2-7H2,1H3,(H,16,17). The van der Waals surface area contributed by atoms with Crippen molar-refractivity contribution in [1.29, 1.82) is 0 Å². The van der Waals surface area contributed by atoms with Crippen molar-refractivity contribution >= 4 is 5.97 Å². The highest BCUT2D eigenvalue weighted by molar-refractivity contribution is 5.88. The molecule has 0 spiro atoms. The molecule has 0 aromatic heterocycles. The first kappa shape index (κ1) is 10.8. The van der Waals surface area contributed by atoms with Crippen LogP contribution in [0.4, 0.5) is 0 Å². The SMILES string of the molecule is CC12CCCc3cc(C(=O)O)cc(c31)CCC2. The fraction of sp³-hybridized carbons (Fsp3) is 0.533. The summed E-state index contributed by atoms with van der Waals surface area (Å²) in [6, 6.07) is 3.81. The first-order chi connectivity index (χ1) is 8.10.